The minimum absolute atomic E-state index is 0. The third kappa shape index (κ3) is 3.92. The molecule has 0 unspecified atom stereocenters. The zero-order chi connectivity index (χ0) is 15.5. The van der Waals surface area contributed by atoms with Gasteiger partial charge in [-0.05, 0) is 38.1 Å². The maximum Gasteiger partial charge on any atom is 0.339 e. The van der Waals surface area contributed by atoms with Gasteiger partial charge < -0.3 is 22.1 Å². The zero-order valence-corrected chi connectivity index (χ0v) is 15.5. The van der Waals surface area contributed by atoms with Crippen molar-refractivity contribution >= 4 is 22.2 Å². The molecule has 0 aliphatic carbocycles. The Bertz CT molecular complexity index is 767. The van der Waals surface area contributed by atoms with Crippen LogP contribution >= 0.6 is 11.3 Å². The predicted octanol–water partition coefficient (Wildman–Crippen LogP) is 1.48. The summed E-state index contributed by atoms with van der Waals surface area (Å²) in [7, 11) is 0. The molecule has 3 aromatic rings. The molecule has 0 fully saturated rings. The highest BCUT2D eigenvalue weighted by molar-refractivity contribution is 7.13. The second-order valence-corrected chi connectivity index (χ2v) is 6.07. The van der Waals surface area contributed by atoms with Crippen molar-refractivity contribution in [1.82, 2.24) is 0 Å². The van der Waals surface area contributed by atoms with Gasteiger partial charge in [-0.15, -0.1) is 0 Å². The Morgan fingerprint density at radius 1 is 1.04 bits per heavy atom. The van der Waals surface area contributed by atoms with Crippen molar-refractivity contribution in [3.63, 3.8) is 0 Å². The summed E-state index contributed by atoms with van der Waals surface area (Å²) >= 11 is 1.69. The Hall–Kier alpha value is -1.85. The molecule has 0 saturated heterocycles. The number of rotatable bonds is 4. The highest BCUT2D eigenvalue weighted by Crippen LogP contribution is 2.26. The molecule has 1 heterocycles. The van der Waals surface area contributed by atoms with Gasteiger partial charge in [0.2, 0.25) is 0 Å². The number of aromatic hydroxyl groups is 1. The van der Waals surface area contributed by atoms with E-state index in [0.29, 0.717) is 0 Å². The molecule has 0 saturated carbocycles. The smallest absolute Gasteiger partial charge is 0.339 e. The zero-order valence-electron chi connectivity index (χ0n) is 13.1. The van der Waals surface area contributed by atoms with Crippen LogP contribution in [0.25, 0.3) is 11.3 Å². The SMILES string of the molecule is CC[n+]1c(-c2ccc(C)cc2)csc1Nc1ccc(O)cc1.[Br-]. The molecule has 1 aromatic heterocycles. The molecule has 0 aliphatic rings. The van der Waals surface area contributed by atoms with E-state index in [1.54, 1.807) is 23.5 Å². The molecular formula is C18H19BrN2OS. The van der Waals surface area contributed by atoms with Crippen LogP contribution in [0.4, 0.5) is 10.8 Å². The number of phenolic OH excluding ortho intramolecular Hbond substituents is 1. The van der Waals surface area contributed by atoms with Crippen molar-refractivity contribution in [3.8, 4) is 17.0 Å². The van der Waals surface area contributed by atoms with E-state index >= 15 is 0 Å². The first-order valence-electron chi connectivity index (χ1n) is 7.32. The Labute approximate surface area is 151 Å². The lowest BCUT2D eigenvalue weighted by Gasteiger charge is -2.04. The number of halogens is 1. The number of aryl methyl sites for hydroxylation is 1. The lowest BCUT2D eigenvalue weighted by molar-refractivity contribution is -0.664. The van der Waals surface area contributed by atoms with Gasteiger partial charge in [-0.2, -0.15) is 0 Å². The van der Waals surface area contributed by atoms with Crippen molar-refractivity contribution in [2.45, 2.75) is 20.4 Å². The van der Waals surface area contributed by atoms with E-state index in [1.165, 1.54) is 16.8 Å². The molecule has 0 bridgehead atoms. The highest BCUT2D eigenvalue weighted by Gasteiger charge is 2.18. The molecule has 5 heteroatoms. The summed E-state index contributed by atoms with van der Waals surface area (Å²) in [5.41, 5.74) is 4.68. The summed E-state index contributed by atoms with van der Waals surface area (Å²) < 4.78 is 2.27. The summed E-state index contributed by atoms with van der Waals surface area (Å²) in [5.74, 6) is 0.278. The number of thiazole rings is 1. The van der Waals surface area contributed by atoms with Crippen LogP contribution in [-0.4, -0.2) is 5.11 Å². The van der Waals surface area contributed by atoms with Gasteiger partial charge in [0.25, 0.3) is 0 Å². The molecule has 0 spiro atoms. The van der Waals surface area contributed by atoms with Gasteiger partial charge in [0.05, 0.1) is 6.54 Å². The molecule has 3 nitrogen and oxygen atoms in total. The fourth-order valence-corrected chi connectivity index (χ4v) is 3.39. The van der Waals surface area contributed by atoms with Crippen molar-refractivity contribution in [1.29, 1.82) is 0 Å². The third-order valence-corrected chi connectivity index (χ3v) is 4.49. The normalized spacial score (nSPS) is 10.2. The van der Waals surface area contributed by atoms with E-state index in [4.69, 9.17) is 0 Å². The molecule has 2 aromatic carbocycles. The van der Waals surface area contributed by atoms with Gasteiger partial charge >= 0.3 is 5.13 Å². The van der Waals surface area contributed by atoms with Crippen LogP contribution in [0.1, 0.15) is 12.5 Å². The predicted molar refractivity (Wildman–Crippen MR) is 91.8 cm³/mol. The monoisotopic (exact) mass is 390 g/mol. The first-order valence-corrected chi connectivity index (χ1v) is 8.20. The van der Waals surface area contributed by atoms with Crippen LogP contribution in [-0.2, 0) is 6.54 Å². The van der Waals surface area contributed by atoms with Crippen LogP contribution in [0.3, 0.4) is 0 Å². The lowest BCUT2D eigenvalue weighted by atomic mass is 10.1. The first-order chi connectivity index (χ1) is 10.7. The number of benzene rings is 2. The topological polar surface area (TPSA) is 36.1 Å². The Balaban J connectivity index is 0.00000192. The maximum absolute atomic E-state index is 9.37. The third-order valence-electron chi connectivity index (χ3n) is 3.60. The largest absolute Gasteiger partial charge is 1.00 e. The quantitative estimate of drug-likeness (QED) is 0.522. The van der Waals surface area contributed by atoms with Crippen LogP contribution in [0, 0.1) is 6.92 Å². The fourth-order valence-electron chi connectivity index (χ4n) is 2.38. The van der Waals surface area contributed by atoms with Gasteiger partial charge in [0, 0.05) is 10.9 Å². The van der Waals surface area contributed by atoms with Gasteiger partial charge in [-0.25, -0.2) is 9.88 Å². The minimum atomic E-state index is 0. The number of hydrogen-bond acceptors (Lipinski definition) is 3. The molecule has 120 valence electrons. The molecule has 0 atom stereocenters. The summed E-state index contributed by atoms with van der Waals surface area (Å²) in [6.07, 6.45) is 0. The fraction of sp³-hybridized carbons (Fsp3) is 0.167. The number of phenols is 1. The van der Waals surface area contributed by atoms with Crippen molar-refractivity contribution in [2.24, 2.45) is 0 Å². The number of aromatic nitrogens is 1. The highest BCUT2D eigenvalue weighted by atomic mass is 79.9. The Morgan fingerprint density at radius 3 is 2.30 bits per heavy atom. The van der Waals surface area contributed by atoms with Crippen LogP contribution in [0.15, 0.2) is 53.9 Å². The molecular weight excluding hydrogens is 372 g/mol. The average Bonchev–Trinajstić information content (AvgIpc) is 2.93. The van der Waals surface area contributed by atoms with Crippen LogP contribution < -0.4 is 26.9 Å². The molecule has 0 amide bonds. The van der Waals surface area contributed by atoms with E-state index in [2.05, 4.69) is 53.4 Å². The van der Waals surface area contributed by atoms with Crippen molar-refractivity contribution < 1.29 is 26.7 Å². The first kappa shape index (κ1) is 17.5. The standard InChI is InChI=1S/C18H18N2OS.BrH/c1-3-20-17(14-6-4-13(2)5-7-14)12-22-18(20)19-15-8-10-16(21)11-9-15;/h4-12,21H,3H2,1-2H3;1H. The van der Waals surface area contributed by atoms with Crippen LogP contribution in [0.2, 0.25) is 0 Å². The number of hydrogen-bond donors (Lipinski definition) is 2. The summed E-state index contributed by atoms with van der Waals surface area (Å²) in [4.78, 5) is 0. The Kier molecular flexibility index (Phi) is 5.80. The van der Waals surface area contributed by atoms with E-state index in [9.17, 15) is 5.11 Å². The van der Waals surface area contributed by atoms with Crippen molar-refractivity contribution in [2.75, 3.05) is 5.32 Å². The second-order valence-electron chi connectivity index (χ2n) is 5.21. The lowest BCUT2D eigenvalue weighted by Crippen LogP contribution is -3.00. The minimum Gasteiger partial charge on any atom is -1.00 e. The number of nitrogens with zero attached hydrogens (tertiary/aromatic N) is 1. The second kappa shape index (κ2) is 7.62. The molecule has 0 aliphatic heterocycles. The number of nitrogens with one attached hydrogen (secondary N) is 1. The number of anilines is 2. The summed E-state index contributed by atoms with van der Waals surface area (Å²) in [5, 5.41) is 16.1. The van der Waals surface area contributed by atoms with E-state index < -0.39 is 0 Å². The van der Waals surface area contributed by atoms with E-state index in [-0.39, 0.29) is 22.7 Å². The maximum atomic E-state index is 9.37. The van der Waals surface area contributed by atoms with Crippen molar-refractivity contribution in [3.05, 3.63) is 59.5 Å². The summed E-state index contributed by atoms with van der Waals surface area (Å²) in [6, 6.07) is 15.7. The molecule has 3 rings (SSSR count). The molecule has 0 radical (unpaired) electrons. The van der Waals surface area contributed by atoms with E-state index in [0.717, 1.165) is 17.4 Å². The van der Waals surface area contributed by atoms with Gasteiger partial charge in [-0.1, -0.05) is 41.2 Å². The van der Waals surface area contributed by atoms with Gasteiger partial charge in [0.15, 0.2) is 0 Å². The van der Waals surface area contributed by atoms with Gasteiger partial charge in [-0.3, -0.25) is 0 Å². The molecule has 2 N–H and O–H groups in total. The average molecular weight is 391 g/mol. The van der Waals surface area contributed by atoms with Gasteiger partial charge in [0.1, 0.15) is 17.1 Å². The summed E-state index contributed by atoms with van der Waals surface area (Å²) in [6.45, 7) is 5.14. The molecule has 23 heavy (non-hydrogen) atoms. The van der Waals surface area contributed by atoms with E-state index in [1.807, 2.05) is 12.1 Å². The van der Waals surface area contributed by atoms with Crippen LogP contribution in [0.5, 0.6) is 5.75 Å². The Morgan fingerprint density at radius 2 is 1.70 bits per heavy atom.